The standard InChI is InChI=1S/C16H15Cl3N2O2S/c17-12-1-3-16(4-2-12)24(22,23)21-7-5-20(6-8-21)15-10-13(18)9-14(19)11-15/h1-4,9-11H,5-8H2. The van der Waals surface area contributed by atoms with Crippen LogP contribution in [0.15, 0.2) is 47.4 Å². The molecule has 0 amide bonds. The molecule has 1 saturated heterocycles. The van der Waals surface area contributed by atoms with Gasteiger partial charge in [-0.05, 0) is 42.5 Å². The van der Waals surface area contributed by atoms with Gasteiger partial charge in [-0.25, -0.2) is 8.42 Å². The van der Waals surface area contributed by atoms with Gasteiger partial charge >= 0.3 is 0 Å². The zero-order chi connectivity index (χ0) is 17.3. The lowest BCUT2D eigenvalue weighted by Crippen LogP contribution is -2.48. The summed E-state index contributed by atoms with van der Waals surface area (Å²) in [5, 5.41) is 1.64. The molecule has 1 aliphatic heterocycles. The van der Waals surface area contributed by atoms with Crippen molar-refractivity contribution in [3.63, 3.8) is 0 Å². The lowest BCUT2D eigenvalue weighted by Gasteiger charge is -2.35. The van der Waals surface area contributed by atoms with Crippen LogP contribution in [0.25, 0.3) is 0 Å². The first-order chi connectivity index (χ1) is 11.4. The Morgan fingerprint density at radius 3 is 1.83 bits per heavy atom. The highest BCUT2D eigenvalue weighted by molar-refractivity contribution is 7.89. The van der Waals surface area contributed by atoms with Gasteiger partial charge in [0, 0.05) is 46.9 Å². The average Bonchev–Trinajstić information content (AvgIpc) is 2.54. The van der Waals surface area contributed by atoms with E-state index in [0.717, 1.165) is 5.69 Å². The Balaban J connectivity index is 1.73. The van der Waals surface area contributed by atoms with Crippen molar-refractivity contribution in [2.24, 2.45) is 0 Å². The highest BCUT2D eigenvalue weighted by Gasteiger charge is 2.28. The summed E-state index contributed by atoms with van der Waals surface area (Å²) in [6.07, 6.45) is 0. The molecule has 1 heterocycles. The van der Waals surface area contributed by atoms with Gasteiger partial charge in [-0.3, -0.25) is 0 Å². The molecule has 0 aromatic heterocycles. The molecule has 0 aliphatic carbocycles. The van der Waals surface area contributed by atoms with E-state index in [1.165, 1.54) is 16.4 Å². The predicted octanol–water partition coefficient (Wildman–Crippen LogP) is 4.16. The molecule has 4 nitrogen and oxygen atoms in total. The van der Waals surface area contributed by atoms with Crippen molar-refractivity contribution in [3.8, 4) is 0 Å². The maximum atomic E-state index is 12.7. The number of nitrogens with zero attached hydrogens (tertiary/aromatic N) is 2. The van der Waals surface area contributed by atoms with Gasteiger partial charge < -0.3 is 4.90 Å². The molecule has 2 aromatic rings. The fourth-order valence-electron chi connectivity index (χ4n) is 2.66. The maximum Gasteiger partial charge on any atom is 0.243 e. The van der Waals surface area contributed by atoms with Crippen molar-refractivity contribution in [3.05, 3.63) is 57.5 Å². The first kappa shape index (κ1) is 17.8. The number of rotatable bonds is 3. The lowest BCUT2D eigenvalue weighted by molar-refractivity contribution is 0.385. The van der Waals surface area contributed by atoms with Crippen LogP contribution < -0.4 is 4.90 Å². The molecule has 0 unspecified atom stereocenters. The van der Waals surface area contributed by atoms with Gasteiger partial charge in [-0.2, -0.15) is 4.31 Å². The molecule has 1 aliphatic rings. The highest BCUT2D eigenvalue weighted by Crippen LogP contribution is 2.27. The number of piperazine rings is 1. The Labute approximate surface area is 156 Å². The van der Waals surface area contributed by atoms with Crippen LogP contribution in [0.3, 0.4) is 0 Å². The predicted molar refractivity (Wildman–Crippen MR) is 98.9 cm³/mol. The third-order valence-electron chi connectivity index (χ3n) is 3.90. The Bertz CT molecular complexity index is 813. The quantitative estimate of drug-likeness (QED) is 0.770. The van der Waals surface area contributed by atoms with Gasteiger partial charge in [0.05, 0.1) is 4.90 Å². The van der Waals surface area contributed by atoms with Gasteiger partial charge in [0.25, 0.3) is 0 Å². The first-order valence-corrected chi connectivity index (χ1v) is 9.90. The topological polar surface area (TPSA) is 40.6 Å². The third kappa shape index (κ3) is 3.81. The molecule has 8 heteroatoms. The summed E-state index contributed by atoms with van der Waals surface area (Å²) >= 11 is 17.9. The molecule has 2 aromatic carbocycles. The second-order valence-corrected chi connectivity index (χ2v) is 8.72. The molecule has 24 heavy (non-hydrogen) atoms. The van der Waals surface area contributed by atoms with Crippen molar-refractivity contribution < 1.29 is 8.42 Å². The molecular formula is C16H15Cl3N2O2S. The van der Waals surface area contributed by atoms with Gasteiger partial charge in [0.2, 0.25) is 10.0 Å². The number of sulfonamides is 1. The monoisotopic (exact) mass is 404 g/mol. The van der Waals surface area contributed by atoms with Crippen molar-refractivity contribution in [2.75, 3.05) is 31.1 Å². The summed E-state index contributed by atoms with van der Waals surface area (Å²) in [7, 11) is -3.50. The van der Waals surface area contributed by atoms with Crippen LogP contribution in [0.1, 0.15) is 0 Å². The highest BCUT2D eigenvalue weighted by atomic mass is 35.5. The molecule has 3 rings (SSSR count). The van der Waals surface area contributed by atoms with Crippen LogP contribution in [-0.2, 0) is 10.0 Å². The van der Waals surface area contributed by atoms with E-state index >= 15 is 0 Å². The molecule has 0 radical (unpaired) electrons. The van der Waals surface area contributed by atoms with Gasteiger partial charge in [0.15, 0.2) is 0 Å². The summed E-state index contributed by atoms with van der Waals surface area (Å²) in [5.74, 6) is 0. The zero-order valence-electron chi connectivity index (χ0n) is 12.6. The average molecular weight is 406 g/mol. The lowest BCUT2D eigenvalue weighted by atomic mass is 10.2. The van der Waals surface area contributed by atoms with Crippen LogP contribution in [0.4, 0.5) is 5.69 Å². The largest absolute Gasteiger partial charge is 0.369 e. The normalized spacial score (nSPS) is 16.4. The van der Waals surface area contributed by atoms with Crippen LogP contribution in [-0.4, -0.2) is 38.9 Å². The fourth-order valence-corrected chi connectivity index (χ4v) is 4.73. The molecule has 0 atom stereocenters. The molecule has 0 bridgehead atoms. The second kappa shape index (κ2) is 7.10. The summed E-state index contributed by atoms with van der Waals surface area (Å²) in [6, 6.07) is 11.6. The number of hydrogen-bond donors (Lipinski definition) is 0. The van der Waals surface area contributed by atoms with Crippen LogP contribution >= 0.6 is 34.8 Å². The summed E-state index contributed by atoms with van der Waals surface area (Å²) in [5.41, 5.74) is 0.899. The first-order valence-electron chi connectivity index (χ1n) is 7.33. The molecule has 128 valence electrons. The van der Waals surface area contributed by atoms with E-state index in [1.54, 1.807) is 18.2 Å². The van der Waals surface area contributed by atoms with Crippen molar-refractivity contribution in [1.82, 2.24) is 4.31 Å². The second-order valence-electron chi connectivity index (χ2n) is 5.47. The molecule has 0 N–H and O–H groups in total. The molecule has 1 fully saturated rings. The van der Waals surface area contributed by atoms with Gasteiger partial charge in [0.1, 0.15) is 0 Å². The van der Waals surface area contributed by atoms with Crippen molar-refractivity contribution in [1.29, 1.82) is 0 Å². The van der Waals surface area contributed by atoms with Gasteiger partial charge in [-0.1, -0.05) is 34.8 Å². The number of benzene rings is 2. The fraction of sp³-hybridized carbons (Fsp3) is 0.250. The van der Waals surface area contributed by atoms with E-state index in [-0.39, 0.29) is 4.90 Å². The molecular weight excluding hydrogens is 391 g/mol. The number of halogens is 3. The van der Waals surface area contributed by atoms with Crippen LogP contribution in [0.5, 0.6) is 0 Å². The van der Waals surface area contributed by atoms with E-state index in [4.69, 9.17) is 34.8 Å². The summed E-state index contributed by atoms with van der Waals surface area (Å²) < 4.78 is 26.8. The third-order valence-corrected chi connectivity index (χ3v) is 6.50. The SMILES string of the molecule is O=S(=O)(c1ccc(Cl)cc1)N1CCN(c2cc(Cl)cc(Cl)c2)CC1. The van der Waals surface area contributed by atoms with E-state index in [2.05, 4.69) is 4.90 Å². The minimum atomic E-state index is -3.50. The Hall–Kier alpha value is -0.980. The summed E-state index contributed by atoms with van der Waals surface area (Å²) in [6.45, 7) is 1.94. The van der Waals surface area contributed by atoms with E-state index in [9.17, 15) is 8.42 Å². The van der Waals surface area contributed by atoms with Crippen LogP contribution in [0, 0.1) is 0 Å². The minimum absolute atomic E-state index is 0.256. The number of anilines is 1. The molecule has 0 saturated carbocycles. The minimum Gasteiger partial charge on any atom is -0.369 e. The summed E-state index contributed by atoms with van der Waals surface area (Å²) in [4.78, 5) is 2.33. The van der Waals surface area contributed by atoms with E-state index < -0.39 is 10.0 Å². The van der Waals surface area contributed by atoms with E-state index in [1.807, 2.05) is 12.1 Å². The van der Waals surface area contributed by atoms with Crippen molar-refractivity contribution in [2.45, 2.75) is 4.90 Å². The Morgan fingerprint density at radius 2 is 1.29 bits per heavy atom. The Kier molecular flexibility index (Phi) is 5.27. The van der Waals surface area contributed by atoms with Gasteiger partial charge in [-0.15, -0.1) is 0 Å². The smallest absolute Gasteiger partial charge is 0.243 e. The van der Waals surface area contributed by atoms with Crippen molar-refractivity contribution >= 4 is 50.5 Å². The maximum absolute atomic E-state index is 12.7. The zero-order valence-corrected chi connectivity index (χ0v) is 15.7. The molecule has 0 spiro atoms. The Morgan fingerprint density at radius 1 is 0.750 bits per heavy atom. The van der Waals surface area contributed by atoms with E-state index in [0.29, 0.717) is 41.2 Å². The van der Waals surface area contributed by atoms with Crippen LogP contribution in [0.2, 0.25) is 15.1 Å². The number of hydrogen-bond acceptors (Lipinski definition) is 3.